The summed E-state index contributed by atoms with van der Waals surface area (Å²) in [6, 6.07) is 7.52. The number of piperazine rings is 1. The molecule has 0 radical (unpaired) electrons. The molecule has 5 heteroatoms. The number of amides is 1. The minimum atomic E-state index is 0.0452. The summed E-state index contributed by atoms with van der Waals surface area (Å²) >= 11 is 6.09. The molecular weight excluding hydrogens is 250 g/mol. The van der Waals surface area contributed by atoms with Gasteiger partial charge < -0.3 is 15.2 Å². The number of H-pyrrole nitrogens is 1. The largest absolute Gasteiger partial charge is 0.349 e. The SMILES string of the molecule is O=C(c1cc2cccc(Cl)c2[nH]1)N1CCNCC1. The first-order valence-electron chi connectivity index (χ1n) is 6.03. The molecular formula is C13H14ClN3O. The Morgan fingerprint density at radius 2 is 2.06 bits per heavy atom. The van der Waals surface area contributed by atoms with Gasteiger partial charge in [-0.1, -0.05) is 23.7 Å². The number of nitrogens with zero attached hydrogens (tertiary/aromatic N) is 1. The van der Waals surface area contributed by atoms with Gasteiger partial charge in [0.1, 0.15) is 5.69 Å². The van der Waals surface area contributed by atoms with Crippen molar-refractivity contribution in [3.05, 3.63) is 35.0 Å². The standard InChI is InChI=1S/C13H14ClN3O/c14-10-3-1-2-9-8-11(16-12(9)10)13(18)17-6-4-15-5-7-17/h1-3,8,15-16H,4-7H2. The average Bonchev–Trinajstić information content (AvgIpc) is 2.84. The van der Waals surface area contributed by atoms with E-state index in [1.807, 2.05) is 29.2 Å². The number of para-hydroxylation sites is 1. The number of aromatic nitrogens is 1. The molecule has 2 N–H and O–H groups in total. The van der Waals surface area contributed by atoms with Gasteiger partial charge in [-0.15, -0.1) is 0 Å². The van der Waals surface area contributed by atoms with Gasteiger partial charge in [0.15, 0.2) is 0 Å². The van der Waals surface area contributed by atoms with E-state index in [9.17, 15) is 4.79 Å². The Morgan fingerprint density at radius 3 is 2.78 bits per heavy atom. The first-order valence-corrected chi connectivity index (χ1v) is 6.41. The highest BCUT2D eigenvalue weighted by Gasteiger charge is 2.19. The molecule has 1 aliphatic rings. The van der Waals surface area contributed by atoms with Crippen molar-refractivity contribution in [2.75, 3.05) is 26.2 Å². The average molecular weight is 264 g/mol. The topological polar surface area (TPSA) is 48.1 Å². The lowest BCUT2D eigenvalue weighted by Crippen LogP contribution is -2.46. The zero-order valence-electron chi connectivity index (χ0n) is 9.87. The summed E-state index contributed by atoms with van der Waals surface area (Å²) in [5.74, 6) is 0.0452. The molecule has 0 saturated carbocycles. The van der Waals surface area contributed by atoms with Crippen LogP contribution in [-0.4, -0.2) is 42.0 Å². The molecule has 0 unspecified atom stereocenters. The van der Waals surface area contributed by atoms with Gasteiger partial charge in [0, 0.05) is 31.6 Å². The lowest BCUT2D eigenvalue weighted by molar-refractivity contribution is 0.0731. The molecule has 0 bridgehead atoms. The van der Waals surface area contributed by atoms with Gasteiger partial charge in [0.25, 0.3) is 5.91 Å². The van der Waals surface area contributed by atoms with Gasteiger partial charge in [-0.3, -0.25) is 4.79 Å². The maximum Gasteiger partial charge on any atom is 0.270 e. The first kappa shape index (κ1) is 11.6. The summed E-state index contributed by atoms with van der Waals surface area (Å²) < 4.78 is 0. The minimum Gasteiger partial charge on any atom is -0.349 e. The Balaban J connectivity index is 1.94. The van der Waals surface area contributed by atoms with Gasteiger partial charge in [0.05, 0.1) is 10.5 Å². The van der Waals surface area contributed by atoms with Crippen LogP contribution < -0.4 is 5.32 Å². The number of benzene rings is 1. The van der Waals surface area contributed by atoms with Crippen molar-refractivity contribution in [2.24, 2.45) is 0 Å². The van der Waals surface area contributed by atoms with Crippen molar-refractivity contribution in [2.45, 2.75) is 0 Å². The van der Waals surface area contributed by atoms with Gasteiger partial charge in [0.2, 0.25) is 0 Å². The smallest absolute Gasteiger partial charge is 0.270 e. The van der Waals surface area contributed by atoms with Crippen LogP contribution in [0.3, 0.4) is 0 Å². The zero-order chi connectivity index (χ0) is 12.5. The van der Waals surface area contributed by atoms with E-state index in [1.54, 1.807) is 0 Å². The predicted octanol–water partition coefficient (Wildman–Crippen LogP) is 1.87. The fourth-order valence-electron chi connectivity index (χ4n) is 2.27. The van der Waals surface area contributed by atoms with Crippen molar-refractivity contribution in [3.63, 3.8) is 0 Å². The highest BCUT2D eigenvalue weighted by Crippen LogP contribution is 2.23. The van der Waals surface area contributed by atoms with E-state index in [0.717, 1.165) is 37.1 Å². The third-order valence-electron chi connectivity index (χ3n) is 3.24. The number of fused-ring (bicyclic) bond motifs is 1. The van der Waals surface area contributed by atoms with Crippen LogP contribution in [0.2, 0.25) is 5.02 Å². The lowest BCUT2D eigenvalue weighted by atomic mass is 10.2. The molecule has 0 atom stereocenters. The quantitative estimate of drug-likeness (QED) is 0.825. The summed E-state index contributed by atoms with van der Waals surface area (Å²) in [5, 5.41) is 4.85. The number of hydrogen-bond donors (Lipinski definition) is 2. The van der Waals surface area contributed by atoms with E-state index >= 15 is 0 Å². The van der Waals surface area contributed by atoms with E-state index in [4.69, 9.17) is 11.6 Å². The molecule has 1 aromatic carbocycles. The second-order valence-corrected chi connectivity index (χ2v) is 4.84. The van der Waals surface area contributed by atoms with Crippen LogP contribution in [0.15, 0.2) is 24.3 Å². The van der Waals surface area contributed by atoms with Crippen LogP contribution >= 0.6 is 11.6 Å². The fourth-order valence-corrected chi connectivity index (χ4v) is 2.50. The summed E-state index contributed by atoms with van der Waals surface area (Å²) in [4.78, 5) is 17.3. The molecule has 1 saturated heterocycles. The Labute approximate surface area is 110 Å². The molecule has 2 heterocycles. The molecule has 4 nitrogen and oxygen atoms in total. The monoisotopic (exact) mass is 263 g/mol. The van der Waals surface area contributed by atoms with Crippen molar-refractivity contribution >= 4 is 28.4 Å². The van der Waals surface area contributed by atoms with Crippen molar-refractivity contribution < 1.29 is 4.79 Å². The Bertz CT molecular complexity index is 587. The Kier molecular flexibility index (Phi) is 2.97. The number of carbonyl (C=O) groups is 1. The van der Waals surface area contributed by atoms with Gasteiger partial charge in [-0.2, -0.15) is 0 Å². The van der Waals surface area contributed by atoms with E-state index in [1.165, 1.54) is 0 Å². The van der Waals surface area contributed by atoms with E-state index in [0.29, 0.717) is 10.7 Å². The van der Waals surface area contributed by atoms with E-state index < -0.39 is 0 Å². The van der Waals surface area contributed by atoms with Gasteiger partial charge in [-0.05, 0) is 12.1 Å². The maximum absolute atomic E-state index is 12.3. The molecule has 0 spiro atoms. The second-order valence-electron chi connectivity index (χ2n) is 4.43. The normalized spacial score (nSPS) is 16.2. The summed E-state index contributed by atoms with van der Waals surface area (Å²) in [7, 11) is 0. The second kappa shape index (κ2) is 4.63. The molecule has 1 aromatic heterocycles. The molecule has 94 valence electrons. The summed E-state index contributed by atoms with van der Waals surface area (Å²) in [6.07, 6.45) is 0. The first-order chi connectivity index (χ1) is 8.75. The highest BCUT2D eigenvalue weighted by atomic mass is 35.5. The van der Waals surface area contributed by atoms with Crippen LogP contribution in [0, 0.1) is 0 Å². The molecule has 18 heavy (non-hydrogen) atoms. The van der Waals surface area contributed by atoms with Crippen LogP contribution in [-0.2, 0) is 0 Å². The van der Waals surface area contributed by atoms with Crippen molar-refractivity contribution in [3.8, 4) is 0 Å². The van der Waals surface area contributed by atoms with Gasteiger partial charge >= 0.3 is 0 Å². The molecule has 1 amide bonds. The zero-order valence-corrected chi connectivity index (χ0v) is 10.6. The predicted molar refractivity (Wildman–Crippen MR) is 72.1 cm³/mol. The van der Waals surface area contributed by atoms with Crippen LogP contribution in [0.5, 0.6) is 0 Å². The Morgan fingerprint density at radius 1 is 1.28 bits per heavy atom. The van der Waals surface area contributed by atoms with Crippen LogP contribution in [0.25, 0.3) is 10.9 Å². The molecule has 1 fully saturated rings. The number of hydrogen-bond acceptors (Lipinski definition) is 2. The van der Waals surface area contributed by atoms with Crippen LogP contribution in [0.4, 0.5) is 0 Å². The minimum absolute atomic E-state index is 0.0452. The number of rotatable bonds is 1. The third kappa shape index (κ3) is 1.98. The molecule has 3 rings (SSSR count). The number of halogens is 1. The Hall–Kier alpha value is -1.52. The van der Waals surface area contributed by atoms with Crippen LogP contribution in [0.1, 0.15) is 10.5 Å². The number of nitrogens with one attached hydrogen (secondary N) is 2. The van der Waals surface area contributed by atoms with Crippen molar-refractivity contribution in [1.29, 1.82) is 0 Å². The van der Waals surface area contributed by atoms with Crippen molar-refractivity contribution in [1.82, 2.24) is 15.2 Å². The van der Waals surface area contributed by atoms with E-state index in [-0.39, 0.29) is 5.91 Å². The lowest BCUT2D eigenvalue weighted by Gasteiger charge is -2.26. The van der Waals surface area contributed by atoms with Gasteiger partial charge in [-0.25, -0.2) is 0 Å². The molecule has 1 aliphatic heterocycles. The number of carbonyl (C=O) groups excluding carboxylic acids is 1. The summed E-state index contributed by atoms with van der Waals surface area (Å²) in [5.41, 5.74) is 1.44. The fraction of sp³-hybridized carbons (Fsp3) is 0.308. The highest BCUT2D eigenvalue weighted by molar-refractivity contribution is 6.35. The summed E-state index contributed by atoms with van der Waals surface area (Å²) in [6.45, 7) is 3.21. The molecule has 0 aliphatic carbocycles. The van der Waals surface area contributed by atoms with E-state index in [2.05, 4.69) is 10.3 Å². The maximum atomic E-state index is 12.3. The molecule has 2 aromatic rings. The number of aromatic amines is 1. The third-order valence-corrected chi connectivity index (χ3v) is 3.55.